The topological polar surface area (TPSA) is 15.3 Å². The summed E-state index contributed by atoms with van der Waals surface area (Å²) in [6.07, 6.45) is 8.34. The van der Waals surface area contributed by atoms with Gasteiger partial charge in [-0.05, 0) is 19.3 Å². The van der Waals surface area contributed by atoms with Gasteiger partial charge in [-0.1, -0.05) is 33.1 Å². The molecule has 0 spiro atoms. The molecule has 1 saturated carbocycles. The van der Waals surface area contributed by atoms with Crippen molar-refractivity contribution in [3.8, 4) is 0 Å². The van der Waals surface area contributed by atoms with E-state index < -0.39 is 0 Å². The van der Waals surface area contributed by atoms with Gasteiger partial charge in [0.1, 0.15) is 0 Å². The van der Waals surface area contributed by atoms with Crippen molar-refractivity contribution in [1.29, 1.82) is 0 Å². The van der Waals surface area contributed by atoms with E-state index >= 15 is 0 Å². The maximum atomic E-state index is 3.73. The molecule has 2 heterocycles. The zero-order valence-corrected chi connectivity index (χ0v) is 11.9. The molecule has 0 amide bonds. The standard InChI is InChI=1S/C14H24N2S/c1-3-7-11-14-13(15-16(11)4-2)10-8-5-6-9-12(10)17-14/h10-12,15H,3-9H2,1-2H3. The van der Waals surface area contributed by atoms with Crippen molar-refractivity contribution < 1.29 is 0 Å². The van der Waals surface area contributed by atoms with Crippen LogP contribution in [0.1, 0.15) is 52.4 Å². The lowest BCUT2D eigenvalue weighted by Gasteiger charge is -2.32. The lowest BCUT2D eigenvalue weighted by Crippen LogP contribution is -2.41. The summed E-state index contributed by atoms with van der Waals surface area (Å²) in [7, 11) is 0. The van der Waals surface area contributed by atoms with Crippen LogP contribution in [0.25, 0.3) is 0 Å². The van der Waals surface area contributed by atoms with Crippen LogP contribution >= 0.6 is 11.8 Å². The summed E-state index contributed by atoms with van der Waals surface area (Å²) < 4.78 is 0. The monoisotopic (exact) mass is 252 g/mol. The SMILES string of the molecule is CCCC1C2=C(NN1CC)C1CCCCC1S2. The van der Waals surface area contributed by atoms with E-state index in [-0.39, 0.29) is 0 Å². The van der Waals surface area contributed by atoms with Crippen molar-refractivity contribution >= 4 is 11.8 Å². The molecule has 0 bridgehead atoms. The van der Waals surface area contributed by atoms with E-state index in [0.717, 1.165) is 17.7 Å². The van der Waals surface area contributed by atoms with Gasteiger partial charge in [-0.15, -0.1) is 11.8 Å². The van der Waals surface area contributed by atoms with Gasteiger partial charge in [0.2, 0.25) is 0 Å². The van der Waals surface area contributed by atoms with E-state index in [1.165, 1.54) is 38.5 Å². The van der Waals surface area contributed by atoms with Crippen LogP contribution in [-0.2, 0) is 0 Å². The molecular weight excluding hydrogens is 228 g/mol. The number of hydrazine groups is 1. The largest absolute Gasteiger partial charge is 0.321 e. The fraction of sp³-hybridized carbons (Fsp3) is 0.857. The van der Waals surface area contributed by atoms with Crippen LogP contribution in [0.4, 0.5) is 0 Å². The Morgan fingerprint density at radius 1 is 1.29 bits per heavy atom. The quantitative estimate of drug-likeness (QED) is 0.827. The minimum absolute atomic E-state index is 0.676. The Hall–Kier alpha value is -0.150. The van der Waals surface area contributed by atoms with Crippen LogP contribution in [0.3, 0.4) is 0 Å². The second-order valence-electron chi connectivity index (χ2n) is 5.53. The molecule has 1 fully saturated rings. The Morgan fingerprint density at radius 3 is 2.88 bits per heavy atom. The molecule has 2 nitrogen and oxygen atoms in total. The van der Waals surface area contributed by atoms with Gasteiger partial charge in [-0.25, -0.2) is 5.01 Å². The van der Waals surface area contributed by atoms with E-state index in [0.29, 0.717) is 6.04 Å². The number of thioether (sulfide) groups is 1. The zero-order valence-electron chi connectivity index (χ0n) is 11.0. The minimum Gasteiger partial charge on any atom is -0.321 e. The second kappa shape index (κ2) is 4.85. The third-order valence-corrected chi connectivity index (χ3v) is 6.08. The van der Waals surface area contributed by atoms with Crippen molar-refractivity contribution in [2.45, 2.75) is 63.7 Å². The number of nitrogens with one attached hydrogen (secondary N) is 1. The lowest BCUT2D eigenvalue weighted by atomic mass is 9.86. The average molecular weight is 252 g/mol. The molecule has 0 aromatic carbocycles. The van der Waals surface area contributed by atoms with Gasteiger partial charge >= 0.3 is 0 Å². The normalized spacial score (nSPS) is 36.9. The summed E-state index contributed by atoms with van der Waals surface area (Å²) in [5.41, 5.74) is 5.34. The summed E-state index contributed by atoms with van der Waals surface area (Å²) in [4.78, 5) is 1.70. The molecule has 96 valence electrons. The second-order valence-corrected chi connectivity index (χ2v) is 6.81. The first kappa shape index (κ1) is 11.9. The van der Waals surface area contributed by atoms with Crippen molar-refractivity contribution in [1.82, 2.24) is 10.4 Å². The molecule has 3 rings (SSSR count). The van der Waals surface area contributed by atoms with Gasteiger partial charge in [-0.2, -0.15) is 0 Å². The zero-order chi connectivity index (χ0) is 11.8. The summed E-state index contributed by atoms with van der Waals surface area (Å²) >= 11 is 2.21. The molecule has 0 radical (unpaired) electrons. The highest BCUT2D eigenvalue weighted by molar-refractivity contribution is 8.04. The Morgan fingerprint density at radius 2 is 2.12 bits per heavy atom. The molecule has 17 heavy (non-hydrogen) atoms. The molecule has 2 aliphatic heterocycles. The molecule has 3 heteroatoms. The third kappa shape index (κ3) is 1.91. The minimum atomic E-state index is 0.676. The van der Waals surface area contributed by atoms with Gasteiger partial charge in [-0.3, -0.25) is 0 Å². The Bertz CT molecular complexity index is 326. The molecule has 0 saturated heterocycles. The van der Waals surface area contributed by atoms with Crippen LogP contribution in [0, 0.1) is 5.92 Å². The van der Waals surface area contributed by atoms with Crippen molar-refractivity contribution in [3.63, 3.8) is 0 Å². The first-order valence-electron chi connectivity index (χ1n) is 7.29. The van der Waals surface area contributed by atoms with Crippen LogP contribution in [0.5, 0.6) is 0 Å². The summed E-state index contributed by atoms with van der Waals surface area (Å²) in [5.74, 6) is 0.847. The van der Waals surface area contributed by atoms with Crippen molar-refractivity contribution in [2.24, 2.45) is 5.92 Å². The van der Waals surface area contributed by atoms with Gasteiger partial charge in [0.05, 0.1) is 6.04 Å². The molecule has 1 N–H and O–H groups in total. The highest BCUT2D eigenvalue weighted by Crippen LogP contribution is 2.52. The number of hydrogen-bond donors (Lipinski definition) is 1. The Balaban J connectivity index is 1.80. The number of allylic oxidation sites excluding steroid dienone is 1. The summed E-state index contributed by atoms with van der Waals surface area (Å²) in [6.45, 7) is 5.69. The fourth-order valence-corrected chi connectivity index (χ4v) is 5.38. The number of rotatable bonds is 3. The van der Waals surface area contributed by atoms with Gasteiger partial charge < -0.3 is 5.43 Å². The number of nitrogens with zero attached hydrogens (tertiary/aromatic N) is 1. The van der Waals surface area contributed by atoms with Gasteiger partial charge in [0, 0.05) is 28.3 Å². The average Bonchev–Trinajstić information content (AvgIpc) is 2.87. The number of fused-ring (bicyclic) bond motifs is 2. The van der Waals surface area contributed by atoms with Crippen LogP contribution < -0.4 is 5.43 Å². The predicted octanol–water partition coefficient (Wildman–Crippen LogP) is 3.51. The van der Waals surface area contributed by atoms with E-state index in [4.69, 9.17) is 0 Å². The van der Waals surface area contributed by atoms with Gasteiger partial charge in [0.25, 0.3) is 0 Å². The van der Waals surface area contributed by atoms with Gasteiger partial charge in [0.15, 0.2) is 0 Å². The Kier molecular flexibility index (Phi) is 3.40. The molecular formula is C14H24N2S. The summed E-state index contributed by atoms with van der Waals surface area (Å²) in [6, 6.07) is 0.676. The summed E-state index contributed by atoms with van der Waals surface area (Å²) in [5, 5.41) is 3.37. The maximum absolute atomic E-state index is 3.73. The van der Waals surface area contributed by atoms with Crippen molar-refractivity contribution in [3.05, 3.63) is 10.6 Å². The van der Waals surface area contributed by atoms with Crippen LogP contribution in [0.15, 0.2) is 10.6 Å². The van der Waals surface area contributed by atoms with Crippen molar-refractivity contribution in [2.75, 3.05) is 6.54 Å². The van der Waals surface area contributed by atoms with E-state index in [9.17, 15) is 0 Å². The number of likely N-dealkylation sites (N-methyl/N-ethyl adjacent to an activating group) is 1. The Labute approximate surface area is 109 Å². The van der Waals surface area contributed by atoms with E-state index in [1.54, 1.807) is 10.6 Å². The number of hydrogen-bond acceptors (Lipinski definition) is 3. The molecule has 3 aliphatic rings. The van der Waals surface area contributed by atoms with E-state index in [2.05, 4.69) is 36.0 Å². The lowest BCUT2D eigenvalue weighted by molar-refractivity contribution is 0.186. The third-order valence-electron chi connectivity index (χ3n) is 4.46. The molecule has 1 aliphatic carbocycles. The molecule has 3 atom stereocenters. The molecule has 3 unspecified atom stereocenters. The first-order chi connectivity index (χ1) is 8.35. The van der Waals surface area contributed by atoms with E-state index in [1.807, 2.05) is 0 Å². The smallest absolute Gasteiger partial charge is 0.0617 e. The van der Waals surface area contributed by atoms with Crippen LogP contribution in [0.2, 0.25) is 0 Å². The first-order valence-corrected chi connectivity index (χ1v) is 8.17. The van der Waals surface area contributed by atoms with Crippen LogP contribution in [-0.4, -0.2) is 22.8 Å². The highest BCUT2D eigenvalue weighted by atomic mass is 32.2. The maximum Gasteiger partial charge on any atom is 0.0617 e. The highest BCUT2D eigenvalue weighted by Gasteiger charge is 2.44. The molecule has 0 aromatic heterocycles. The fourth-order valence-electron chi connectivity index (χ4n) is 3.61. The molecule has 0 aromatic rings. The predicted molar refractivity (Wildman–Crippen MR) is 74.6 cm³/mol.